The number of rotatable bonds is 1. The van der Waals surface area contributed by atoms with Gasteiger partial charge in [-0.05, 0) is 24.3 Å². The molecule has 0 bridgehead atoms. The highest BCUT2D eigenvalue weighted by atomic mass is 15.0. The van der Waals surface area contributed by atoms with Crippen LogP contribution in [0.1, 0.15) is 0 Å². The van der Waals surface area contributed by atoms with E-state index < -0.39 is 0 Å². The molecule has 3 rings (SSSR count). The first-order chi connectivity index (χ1) is 7.84. The number of para-hydroxylation sites is 2. The number of aryl methyl sites for hydroxylation is 1. The molecule has 0 aliphatic rings. The van der Waals surface area contributed by atoms with Crippen LogP contribution in [0, 0.1) is 6.20 Å². The highest BCUT2D eigenvalue weighted by Crippen LogP contribution is 2.18. The predicted octanol–water partition coefficient (Wildman–Crippen LogP) is 2.44. The van der Waals surface area contributed by atoms with E-state index in [1.54, 1.807) is 0 Å². The zero-order valence-corrected chi connectivity index (χ0v) is 8.88. The Labute approximate surface area is 93.4 Å². The molecule has 0 atom stereocenters. The number of fused-ring (bicyclic) bond motifs is 1. The Morgan fingerprint density at radius 1 is 1.06 bits per heavy atom. The van der Waals surface area contributed by atoms with Crippen molar-refractivity contribution in [2.24, 2.45) is 7.05 Å². The lowest BCUT2D eigenvalue weighted by atomic mass is 10.2. The Hall–Kier alpha value is -2.16. The summed E-state index contributed by atoms with van der Waals surface area (Å²) < 4.78 is 2.01. The van der Waals surface area contributed by atoms with Gasteiger partial charge in [-0.25, -0.2) is 9.97 Å². The van der Waals surface area contributed by atoms with Gasteiger partial charge in [0.2, 0.25) is 0 Å². The highest BCUT2D eigenvalue weighted by Gasteiger charge is 2.05. The summed E-state index contributed by atoms with van der Waals surface area (Å²) in [6.07, 6.45) is 4.96. The molecule has 0 N–H and O–H groups in total. The average molecular weight is 208 g/mol. The van der Waals surface area contributed by atoms with E-state index in [9.17, 15) is 0 Å². The number of hydrogen-bond acceptors (Lipinski definition) is 2. The third-order valence-electron chi connectivity index (χ3n) is 2.58. The summed E-state index contributed by atoms with van der Waals surface area (Å²) in [5.41, 5.74) is 3.59. The second kappa shape index (κ2) is 3.45. The van der Waals surface area contributed by atoms with Gasteiger partial charge < -0.3 is 4.57 Å². The van der Waals surface area contributed by atoms with Gasteiger partial charge in [-0.3, -0.25) is 0 Å². The van der Waals surface area contributed by atoms with Crippen molar-refractivity contribution in [3.05, 3.63) is 48.8 Å². The van der Waals surface area contributed by atoms with E-state index in [1.807, 2.05) is 54.2 Å². The van der Waals surface area contributed by atoms with E-state index >= 15 is 0 Å². The average Bonchev–Trinajstić information content (AvgIpc) is 2.75. The van der Waals surface area contributed by atoms with Gasteiger partial charge in [-0.2, -0.15) is 0 Å². The molecule has 0 fully saturated rings. The summed E-state index contributed by atoms with van der Waals surface area (Å²) in [5.74, 6) is 0. The van der Waals surface area contributed by atoms with Crippen molar-refractivity contribution in [2.75, 3.05) is 0 Å². The lowest BCUT2D eigenvalue weighted by molar-refractivity contribution is 0.930. The second-order valence-electron chi connectivity index (χ2n) is 3.68. The molecule has 2 aromatic heterocycles. The second-order valence-corrected chi connectivity index (χ2v) is 3.68. The summed E-state index contributed by atoms with van der Waals surface area (Å²) in [6, 6.07) is 11.8. The van der Waals surface area contributed by atoms with Crippen LogP contribution in [0.2, 0.25) is 0 Å². The van der Waals surface area contributed by atoms with Crippen LogP contribution >= 0.6 is 0 Å². The molecule has 3 nitrogen and oxygen atoms in total. The molecule has 0 aliphatic carbocycles. The number of hydrogen-bond donors (Lipinski definition) is 0. The molecule has 77 valence electrons. The highest BCUT2D eigenvalue weighted by molar-refractivity contribution is 5.76. The van der Waals surface area contributed by atoms with Crippen molar-refractivity contribution in [2.45, 2.75) is 0 Å². The van der Waals surface area contributed by atoms with E-state index in [0.717, 1.165) is 22.4 Å². The van der Waals surface area contributed by atoms with Gasteiger partial charge in [0, 0.05) is 13.2 Å². The molecule has 1 radical (unpaired) electrons. The zero-order valence-electron chi connectivity index (χ0n) is 8.88. The lowest BCUT2D eigenvalue weighted by Crippen LogP contribution is -1.94. The minimum absolute atomic E-state index is 0.784. The standard InChI is InChI=1S/C13H10N3/c1-16-8-4-7-13(16)12-9-14-10-5-2-3-6-11(10)15-12/h2-8H,1H3. The third-order valence-corrected chi connectivity index (χ3v) is 2.58. The normalized spacial score (nSPS) is 10.8. The van der Waals surface area contributed by atoms with E-state index in [1.165, 1.54) is 0 Å². The molecule has 3 heteroatoms. The summed E-state index contributed by atoms with van der Waals surface area (Å²) in [4.78, 5) is 8.82. The molecular formula is C13H10N3. The topological polar surface area (TPSA) is 30.7 Å². The summed E-state index contributed by atoms with van der Waals surface area (Å²) in [5, 5.41) is 0. The number of aromatic nitrogens is 3. The van der Waals surface area contributed by atoms with Crippen LogP contribution in [0.3, 0.4) is 0 Å². The van der Waals surface area contributed by atoms with E-state index in [-0.39, 0.29) is 0 Å². The molecular weight excluding hydrogens is 198 g/mol. The van der Waals surface area contributed by atoms with Crippen LogP contribution in [0.5, 0.6) is 0 Å². The van der Waals surface area contributed by atoms with Crippen molar-refractivity contribution < 1.29 is 0 Å². The van der Waals surface area contributed by atoms with Gasteiger partial charge in [0.25, 0.3) is 0 Å². The Bertz CT molecular complexity index is 640. The molecule has 3 aromatic rings. The quantitative estimate of drug-likeness (QED) is 0.615. The fourth-order valence-corrected chi connectivity index (χ4v) is 1.73. The zero-order chi connectivity index (χ0) is 11.0. The molecule has 2 heterocycles. The van der Waals surface area contributed by atoms with Crippen LogP contribution in [-0.4, -0.2) is 14.5 Å². The van der Waals surface area contributed by atoms with Gasteiger partial charge in [0.1, 0.15) is 11.9 Å². The Morgan fingerprint density at radius 3 is 2.62 bits per heavy atom. The summed E-state index contributed by atoms with van der Waals surface area (Å²) >= 11 is 0. The van der Waals surface area contributed by atoms with Crippen molar-refractivity contribution in [3.63, 3.8) is 0 Å². The monoisotopic (exact) mass is 208 g/mol. The first-order valence-corrected chi connectivity index (χ1v) is 5.11. The summed E-state index contributed by atoms with van der Waals surface area (Å²) in [6.45, 7) is 0. The minimum Gasteiger partial charge on any atom is -0.349 e. The SMILES string of the molecule is Cn1cccc1-c1[c]nc2ccccc2n1. The van der Waals surface area contributed by atoms with E-state index in [4.69, 9.17) is 0 Å². The largest absolute Gasteiger partial charge is 0.349 e. The van der Waals surface area contributed by atoms with Crippen molar-refractivity contribution in [3.8, 4) is 11.4 Å². The van der Waals surface area contributed by atoms with Crippen LogP contribution < -0.4 is 0 Å². The maximum atomic E-state index is 4.54. The van der Waals surface area contributed by atoms with Gasteiger partial charge in [0.15, 0.2) is 0 Å². The molecule has 0 saturated carbocycles. The predicted molar refractivity (Wildman–Crippen MR) is 62.8 cm³/mol. The fourth-order valence-electron chi connectivity index (χ4n) is 1.73. The fraction of sp³-hybridized carbons (Fsp3) is 0.0769. The number of nitrogens with zero attached hydrogens (tertiary/aromatic N) is 3. The van der Waals surface area contributed by atoms with E-state index in [2.05, 4.69) is 16.2 Å². The van der Waals surface area contributed by atoms with Gasteiger partial charge in [-0.15, -0.1) is 0 Å². The van der Waals surface area contributed by atoms with E-state index in [0.29, 0.717) is 0 Å². The minimum atomic E-state index is 0.784. The van der Waals surface area contributed by atoms with Crippen LogP contribution in [0.4, 0.5) is 0 Å². The summed E-state index contributed by atoms with van der Waals surface area (Å²) in [7, 11) is 1.99. The molecule has 0 saturated heterocycles. The maximum Gasteiger partial charge on any atom is 0.120 e. The molecule has 0 aliphatic heterocycles. The molecule has 0 amide bonds. The molecule has 0 spiro atoms. The molecule has 16 heavy (non-hydrogen) atoms. The van der Waals surface area contributed by atoms with Crippen molar-refractivity contribution in [1.29, 1.82) is 0 Å². The Kier molecular flexibility index (Phi) is 1.96. The maximum absolute atomic E-state index is 4.54. The van der Waals surface area contributed by atoms with Crippen molar-refractivity contribution in [1.82, 2.24) is 14.5 Å². The first-order valence-electron chi connectivity index (χ1n) is 5.11. The van der Waals surface area contributed by atoms with Gasteiger partial charge >= 0.3 is 0 Å². The lowest BCUT2D eigenvalue weighted by Gasteiger charge is -2.02. The number of benzene rings is 1. The van der Waals surface area contributed by atoms with Gasteiger partial charge in [0.05, 0.1) is 16.7 Å². The smallest absolute Gasteiger partial charge is 0.120 e. The van der Waals surface area contributed by atoms with Crippen LogP contribution in [0.15, 0.2) is 42.6 Å². The van der Waals surface area contributed by atoms with Crippen LogP contribution in [-0.2, 0) is 7.05 Å². The van der Waals surface area contributed by atoms with Gasteiger partial charge in [-0.1, -0.05) is 12.1 Å². The first kappa shape index (κ1) is 9.09. The van der Waals surface area contributed by atoms with Crippen LogP contribution in [0.25, 0.3) is 22.4 Å². The van der Waals surface area contributed by atoms with Crippen molar-refractivity contribution >= 4 is 11.0 Å². The Balaban J connectivity index is 2.23. The molecule has 0 unspecified atom stereocenters. The Morgan fingerprint density at radius 2 is 1.88 bits per heavy atom. The third kappa shape index (κ3) is 1.37. The molecule has 1 aromatic carbocycles.